The Morgan fingerprint density at radius 1 is 1.15 bits per heavy atom. The summed E-state index contributed by atoms with van der Waals surface area (Å²) < 4.78 is 10.8. The Balaban J connectivity index is 2.17. The Morgan fingerprint density at radius 3 is 2.50 bits per heavy atom. The van der Waals surface area contributed by atoms with Crippen molar-refractivity contribution in [1.29, 1.82) is 0 Å². The molecule has 1 unspecified atom stereocenters. The molecule has 0 spiro atoms. The predicted octanol–water partition coefficient (Wildman–Crippen LogP) is 3.78. The van der Waals surface area contributed by atoms with Crippen LogP contribution in [0, 0.1) is 0 Å². The van der Waals surface area contributed by atoms with Gasteiger partial charge in [-0.25, -0.2) is 4.79 Å². The maximum atomic E-state index is 12.0. The highest BCUT2D eigenvalue weighted by Crippen LogP contribution is 2.43. The molecule has 4 heteroatoms. The molecular formula is C16H13ClO3. The van der Waals surface area contributed by atoms with Gasteiger partial charge in [-0.05, 0) is 42.8 Å². The number of halogens is 1. The zero-order valence-corrected chi connectivity index (χ0v) is 11.9. The van der Waals surface area contributed by atoms with Gasteiger partial charge in [0, 0.05) is 10.6 Å². The van der Waals surface area contributed by atoms with E-state index in [1.54, 1.807) is 31.4 Å². The van der Waals surface area contributed by atoms with E-state index in [1.165, 1.54) is 0 Å². The van der Waals surface area contributed by atoms with Gasteiger partial charge in [-0.2, -0.15) is 0 Å². The van der Waals surface area contributed by atoms with Crippen LogP contribution in [-0.2, 0) is 10.3 Å². The Labute approximate surface area is 122 Å². The van der Waals surface area contributed by atoms with E-state index >= 15 is 0 Å². The summed E-state index contributed by atoms with van der Waals surface area (Å²) in [6, 6.07) is 12.6. The fraction of sp³-hybridized carbons (Fsp3) is 0.188. The molecule has 0 saturated carbocycles. The number of carbonyl (C=O) groups is 1. The van der Waals surface area contributed by atoms with Crippen LogP contribution in [0.2, 0.25) is 5.02 Å². The number of hydrogen-bond donors (Lipinski definition) is 0. The zero-order valence-electron chi connectivity index (χ0n) is 11.1. The number of cyclic esters (lactones) is 1. The molecule has 2 aromatic rings. The molecule has 0 N–H and O–H groups in total. The maximum absolute atomic E-state index is 12.0. The van der Waals surface area contributed by atoms with Crippen LogP contribution in [-0.4, -0.2) is 13.1 Å². The second-order valence-electron chi connectivity index (χ2n) is 4.84. The largest absolute Gasteiger partial charge is 0.497 e. The van der Waals surface area contributed by atoms with Gasteiger partial charge in [0.1, 0.15) is 5.75 Å². The van der Waals surface area contributed by atoms with Gasteiger partial charge in [-0.3, -0.25) is 0 Å². The van der Waals surface area contributed by atoms with E-state index in [4.69, 9.17) is 21.1 Å². The second kappa shape index (κ2) is 4.53. The fourth-order valence-corrected chi connectivity index (χ4v) is 2.63. The number of carbonyl (C=O) groups excluding carboxylic acids is 1. The maximum Gasteiger partial charge on any atom is 0.339 e. The second-order valence-corrected chi connectivity index (χ2v) is 5.28. The van der Waals surface area contributed by atoms with E-state index in [1.807, 2.05) is 25.1 Å². The highest BCUT2D eigenvalue weighted by molar-refractivity contribution is 6.30. The van der Waals surface area contributed by atoms with E-state index in [0.717, 1.165) is 11.1 Å². The topological polar surface area (TPSA) is 35.5 Å². The molecule has 20 heavy (non-hydrogen) atoms. The third kappa shape index (κ3) is 1.86. The molecule has 0 fully saturated rings. The summed E-state index contributed by atoms with van der Waals surface area (Å²) >= 11 is 5.91. The standard InChI is InChI=1S/C16H13ClO3/c1-16(10-3-5-11(17)6-4-10)14-9-12(19-2)7-8-13(14)15(18)20-16/h3-9H,1-2H3. The molecular weight excluding hydrogens is 276 g/mol. The Hall–Kier alpha value is -2.00. The number of benzene rings is 2. The van der Waals surface area contributed by atoms with E-state index in [9.17, 15) is 4.79 Å². The molecule has 3 nitrogen and oxygen atoms in total. The highest BCUT2D eigenvalue weighted by atomic mass is 35.5. The van der Waals surface area contributed by atoms with Gasteiger partial charge in [-0.1, -0.05) is 23.7 Å². The minimum atomic E-state index is -0.814. The Kier molecular flexibility index (Phi) is 2.94. The van der Waals surface area contributed by atoms with Crippen molar-refractivity contribution < 1.29 is 14.3 Å². The summed E-state index contributed by atoms with van der Waals surface area (Å²) in [6.45, 7) is 1.87. The van der Waals surface area contributed by atoms with Gasteiger partial charge in [0.15, 0.2) is 5.60 Å². The van der Waals surface area contributed by atoms with Crippen molar-refractivity contribution in [3.05, 3.63) is 64.2 Å². The lowest BCUT2D eigenvalue weighted by molar-refractivity contribution is 0.0180. The summed E-state index contributed by atoms with van der Waals surface area (Å²) in [4.78, 5) is 12.0. The lowest BCUT2D eigenvalue weighted by atomic mass is 9.87. The molecule has 3 rings (SSSR count). The van der Waals surface area contributed by atoms with Crippen LogP contribution in [0.15, 0.2) is 42.5 Å². The molecule has 1 aliphatic heterocycles. The number of hydrogen-bond acceptors (Lipinski definition) is 3. The van der Waals surface area contributed by atoms with Crippen LogP contribution in [0.3, 0.4) is 0 Å². The molecule has 0 aromatic heterocycles. The van der Waals surface area contributed by atoms with Crippen LogP contribution in [0.5, 0.6) is 5.75 Å². The number of methoxy groups -OCH3 is 1. The molecule has 0 aliphatic carbocycles. The summed E-state index contributed by atoms with van der Waals surface area (Å²) in [5.74, 6) is 0.377. The van der Waals surface area contributed by atoms with Crippen molar-refractivity contribution in [2.45, 2.75) is 12.5 Å². The van der Waals surface area contributed by atoms with Crippen LogP contribution < -0.4 is 4.74 Å². The third-order valence-electron chi connectivity index (χ3n) is 3.65. The molecule has 1 aliphatic rings. The average Bonchev–Trinajstić information content (AvgIpc) is 2.72. The summed E-state index contributed by atoms with van der Waals surface area (Å²) in [5.41, 5.74) is 1.45. The van der Waals surface area contributed by atoms with Crippen molar-refractivity contribution in [2.24, 2.45) is 0 Å². The minimum absolute atomic E-state index is 0.319. The van der Waals surface area contributed by atoms with Gasteiger partial charge in [0.2, 0.25) is 0 Å². The van der Waals surface area contributed by atoms with Crippen LogP contribution in [0.1, 0.15) is 28.4 Å². The van der Waals surface area contributed by atoms with Crippen molar-refractivity contribution in [3.8, 4) is 5.75 Å². The van der Waals surface area contributed by atoms with Crippen molar-refractivity contribution in [3.63, 3.8) is 0 Å². The smallest absolute Gasteiger partial charge is 0.339 e. The highest BCUT2D eigenvalue weighted by Gasteiger charge is 2.43. The fourth-order valence-electron chi connectivity index (χ4n) is 2.50. The van der Waals surface area contributed by atoms with Gasteiger partial charge in [0.25, 0.3) is 0 Å². The molecule has 0 amide bonds. The Bertz CT molecular complexity index is 679. The van der Waals surface area contributed by atoms with E-state index in [2.05, 4.69) is 0 Å². The number of rotatable bonds is 2. The van der Waals surface area contributed by atoms with Crippen LogP contribution >= 0.6 is 11.6 Å². The van der Waals surface area contributed by atoms with Gasteiger partial charge in [-0.15, -0.1) is 0 Å². The SMILES string of the molecule is COc1ccc2c(c1)C(C)(c1ccc(Cl)cc1)OC2=O. The van der Waals surface area contributed by atoms with E-state index in [0.29, 0.717) is 16.3 Å². The number of esters is 1. The van der Waals surface area contributed by atoms with Crippen LogP contribution in [0.4, 0.5) is 0 Å². The van der Waals surface area contributed by atoms with E-state index in [-0.39, 0.29) is 5.97 Å². The normalized spacial score (nSPS) is 20.4. The van der Waals surface area contributed by atoms with Gasteiger partial charge < -0.3 is 9.47 Å². The van der Waals surface area contributed by atoms with Crippen molar-refractivity contribution >= 4 is 17.6 Å². The first-order valence-electron chi connectivity index (χ1n) is 6.22. The minimum Gasteiger partial charge on any atom is -0.497 e. The molecule has 1 heterocycles. The van der Waals surface area contributed by atoms with Gasteiger partial charge >= 0.3 is 5.97 Å². The molecule has 102 valence electrons. The first kappa shape index (κ1) is 13.0. The summed E-state index contributed by atoms with van der Waals surface area (Å²) in [7, 11) is 1.60. The van der Waals surface area contributed by atoms with Crippen molar-refractivity contribution in [2.75, 3.05) is 7.11 Å². The molecule has 2 aromatic carbocycles. The quantitative estimate of drug-likeness (QED) is 0.789. The monoisotopic (exact) mass is 288 g/mol. The predicted molar refractivity (Wildman–Crippen MR) is 76.3 cm³/mol. The number of fused-ring (bicyclic) bond motifs is 1. The van der Waals surface area contributed by atoms with Gasteiger partial charge in [0.05, 0.1) is 12.7 Å². The first-order chi connectivity index (χ1) is 9.54. The molecule has 1 atom stereocenters. The molecule has 0 bridgehead atoms. The lowest BCUT2D eigenvalue weighted by Gasteiger charge is -2.25. The first-order valence-corrected chi connectivity index (χ1v) is 6.60. The average molecular weight is 289 g/mol. The number of ether oxygens (including phenoxy) is 2. The Morgan fingerprint density at radius 2 is 1.85 bits per heavy atom. The van der Waals surface area contributed by atoms with E-state index < -0.39 is 5.60 Å². The summed E-state index contributed by atoms with van der Waals surface area (Å²) in [6.07, 6.45) is 0. The summed E-state index contributed by atoms with van der Waals surface area (Å²) in [5, 5.41) is 0.646. The molecule has 0 saturated heterocycles. The lowest BCUT2D eigenvalue weighted by Crippen LogP contribution is -2.23. The molecule has 0 radical (unpaired) electrons. The van der Waals surface area contributed by atoms with Crippen LogP contribution in [0.25, 0.3) is 0 Å². The third-order valence-corrected chi connectivity index (χ3v) is 3.90. The zero-order chi connectivity index (χ0) is 14.3. The van der Waals surface area contributed by atoms with Crippen molar-refractivity contribution in [1.82, 2.24) is 0 Å².